The van der Waals surface area contributed by atoms with Crippen molar-refractivity contribution in [2.24, 2.45) is 11.7 Å². The molecule has 2 N–H and O–H groups in total. The molecule has 0 aliphatic carbocycles. The molecule has 0 radical (unpaired) electrons. The Morgan fingerprint density at radius 1 is 1.44 bits per heavy atom. The summed E-state index contributed by atoms with van der Waals surface area (Å²) >= 11 is 0. The Morgan fingerprint density at radius 3 is 2.56 bits per heavy atom. The van der Waals surface area contributed by atoms with Gasteiger partial charge in [0.25, 0.3) is 0 Å². The van der Waals surface area contributed by atoms with Gasteiger partial charge in [-0.05, 0) is 32.6 Å². The van der Waals surface area contributed by atoms with E-state index in [1.54, 1.807) is 18.7 Å². The molecule has 5 nitrogen and oxygen atoms in total. The van der Waals surface area contributed by atoms with Crippen molar-refractivity contribution >= 4 is 15.7 Å². The van der Waals surface area contributed by atoms with E-state index < -0.39 is 20.8 Å². The maximum Gasteiger partial charge on any atom is 0.238 e. The van der Waals surface area contributed by atoms with Gasteiger partial charge < -0.3 is 10.6 Å². The number of hydrogen-bond donors (Lipinski definition) is 1. The minimum atomic E-state index is -3.32. The van der Waals surface area contributed by atoms with Crippen LogP contribution in [0.1, 0.15) is 33.6 Å². The molecule has 1 rings (SSSR count). The SMILES string of the molecule is CC1CCN(C(=O)CS(=O)(=O)C(C)C)C(CN)C1. The summed E-state index contributed by atoms with van der Waals surface area (Å²) in [4.78, 5) is 13.7. The van der Waals surface area contributed by atoms with Crippen molar-refractivity contribution in [2.75, 3.05) is 18.8 Å². The monoisotopic (exact) mass is 276 g/mol. The third-order valence-corrected chi connectivity index (χ3v) is 5.70. The Bertz CT molecular complexity index is 392. The number of piperidine rings is 1. The molecule has 0 aromatic rings. The van der Waals surface area contributed by atoms with Crippen molar-refractivity contribution in [3.63, 3.8) is 0 Å². The summed E-state index contributed by atoms with van der Waals surface area (Å²) in [6, 6.07) is -0.0105. The van der Waals surface area contributed by atoms with Gasteiger partial charge in [0.05, 0.1) is 5.25 Å². The van der Waals surface area contributed by atoms with Gasteiger partial charge >= 0.3 is 0 Å². The molecular weight excluding hydrogens is 252 g/mol. The molecule has 0 bridgehead atoms. The number of carbonyl (C=O) groups excluding carboxylic acids is 1. The van der Waals surface area contributed by atoms with E-state index in [9.17, 15) is 13.2 Å². The fraction of sp³-hybridized carbons (Fsp3) is 0.917. The second kappa shape index (κ2) is 6.02. The van der Waals surface area contributed by atoms with E-state index in [4.69, 9.17) is 5.73 Å². The zero-order valence-electron chi connectivity index (χ0n) is 11.4. The molecule has 1 fully saturated rings. The highest BCUT2D eigenvalue weighted by Crippen LogP contribution is 2.22. The number of carbonyl (C=O) groups is 1. The van der Waals surface area contributed by atoms with Gasteiger partial charge in [-0.2, -0.15) is 0 Å². The van der Waals surface area contributed by atoms with Crippen LogP contribution >= 0.6 is 0 Å². The van der Waals surface area contributed by atoms with E-state index >= 15 is 0 Å². The van der Waals surface area contributed by atoms with Gasteiger partial charge in [0.1, 0.15) is 5.75 Å². The number of nitrogens with zero attached hydrogens (tertiary/aromatic N) is 1. The van der Waals surface area contributed by atoms with Crippen molar-refractivity contribution in [1.29, 1.82) is 0 Å². The van der Waals surface area contributed by atoms with Gasteiger partial charge in [-0.3, -0.25) is 4.79 Å². The van der Waals surface area contributed by atoms with E-state index in [-0.39, 0.29) is 11.9 Å². The molecule has 1 saturated heterocycles. The van der Waals surface area contributed by atoms with E-state index in [1.807, 2.05) is 0 Å². The van der Waals surface area contributed by atoms with Crippen LogP contribution in [0, 0.1) is 5.92 Å². The van der Waals surface area contributed by atoms with Crippen molar-refractivity contribution in [3.8, 4) is 0 Å². The molecule has 1 aliphatic heterocycles. The molecule has 0 aromatic carbocycles. The summed E-state index contributed by atoms with van der Waals surface area (Å²) in [5, 5.41) is -0.513. The Morgan fingerprint density at radius 2 is 2.06 bits per heavy atom. The predicted molar refractivity (Wildman–Crippen MR) is 71.9 cm³/mol. The van der Waals surface area contributed by atoms with Crippen LogP contribution in [-0.2, 0) is 14.6 Å². The summed E-state index contributed by atoms with van der Waals surface area (Å²) in [6.07, 6.45) is 1.79. The number of rotatable bonds is 4. The molecule has 6 heteroatoms. The highest BCUT2D eigenvalue weighted by Gasteiger charge is 2.31. The molecule has 0 spiro atoms. The second-order valence-corrected chi connectivity index (χ2v) is 8.02. The minimum Gasteiger partial charge on any atom is -0.338 e. The molecule has 2 unspecified atom stereocenters. The first-order valence-electron chi connectivity index (χ1n) is 6.49. The van der Waals surface area contributed by atoms with Crippen LogP contribution in [0.2, 0.25) is 0 Å². The van der Waals surface area contributed by atoms with Crippen LogP contribution in [0.4, 0.5) is 0 Å². The highest BCUT2D eigenvalue weighted by atomic mass is 32.2. The maximum atomic E-state index is 12.1. The standard InChI is InChI=1S/C12H24N2O3S/c1-9(2)18(16,17)8-12(15)14-5-4-10(3)6-11(14)7-13/h9-11H,4-8,13H2,1-3H3. The lowest BCUT2D eigenvalue weighted by Gasteiger charge is -2.38. The van der Waals surface area contributed by atoms with E-state index in [0.717, 1.165) is 12.8 Å². The first kappa shape index (κ1) is 15.4. The molecule has 0 saturated carbocycles. The average Bonchev–Trinajstić information content (AvgIpc) is 2.27. The third kappa shape index (κ3) is 3.68. The lowest BCUT2D eigenvalue weighted by atomic mass is 9.92. The predicted octanol–water partition coefficient (Wildman–Crippen LogP) is 0.395. The van der Waals surface area contributed by atoms with E-state index in [1.165, 1.54) is 0 Å². The molecule has 18 heavy (non-hydrogen) atoms. The lowest BCUT2D eigenvalue weighted by Crippen LogP contribution is -2.51. The van der Waals surface area contributed by atoms with Crippen LogP contribution in [0.25, 0.3) is 0 Å². The summed E-state index contributed by atoms with van der Waals surface area (Å²) in [5.41, 5.74) is 5.67. The van der Waals surface area contributed by atoms with Gasteiger partial charge in [0.15, 0.2) is 9.84 Å². The number of sulfone groups is 1. The molecule has 106 valence electrons. The quantitative estimate of drug-likeness (QED) is 0.805. The van der Waals surface area contributed by atoms with Crippen LogP contribution in [0.15, 0.2) is 0 Å². The van der Waals surface area contributed by atoms with Gasteiger partial charge in [-0.15, -0.1) is 0 Å². The van der Waals surface area contributed by atoms with Gasteiger partial charge in [-0.1, -0.05) is 6.92 Å². The van der Waals surface area contributed by atoms with Gasteiger partial charge in [0, 0.05) is 19.1 Å². The summed E-state index contributed by atoms with van der Waals surface area (Å²) in [6.45, 7) is 6.35. The molecule has 1 heterocycles. The van der Waals surface area contributed by atoms with Crippen molar-refractivity contribution in [1.82, 2.24) is 4.90 Å². The van der Waals surface area contributed by atoms with Gasteiger partial charge in [-0.25, -0.2) is 8.42 Å². The topological polar surface area (TPSA) is 80.5 Å². The van der Waals surface area contributed by atoms with Crippen LogP contribution < -0.4 is 5.73 Å². The smallest absolute Gasteiger partial charge is 0.238 e. The first-order valence-corrected chi connectivity index (χ1v) is 8.20. The maximum absolute atomic E-state index is 12.1. The molecule has 0 aromatic heterocycles. The normalized spacial score (nSPS) is 25.5. The molecule has 1 aliphatic rings. The van der Waals surface area contributed by atoms with Crippen LogP contribution in [0.5, 0.6) is 0 Å². The van der Waals surface area contributed by atoms with Crippen molar-refractivity contribution in [3.05, 3.63) is 0 Å². The minimum absolute atomic E-state index is 0.0105. The highest BCUT2D eigenvalue weighted by molar-refractivity contribution is 7.92. The third-order valence-electron chi connectivity index (χ3n) is 3.61. The van der Waals surface area contributed by atoms with E-state index in [0.29, 0.717) is 19.0 Å². The fourth-order valence-corrected chi connectivity index (χ4v) is 3.07. The van der Waals surface area contributed by atoms with Crippen LogP contribution in [0.3, 0.4) is 0 Å². The van der Waals surface area contributed by atoms with E-state index in [2.05, 4.69) is 6.92 Å². The van der Waals surface area contributed by atoms with Gasteiger partial charge in [0.2, 0.25) is 5.91 Å². The number of likely N-dealkylation sites (tertiary alicyclic amines) is 1. The number of hydrogen-bond acceptors (Lipinski definition) is 4. The Balaban J connectivity index is 2.72. The zero-order chi connectivity index (χ0) is 13.9. The Kier molecular flexibility index (Phi) is 5.16. The lowest BCUT2D eigenvalue weighted by molar-refractivity contribution is -0.132. The summed E-state index contributed by atoms with van der Waals surface area (Å²) in [5.74, 6) is -0.148. The summed E-state index contributed by atoms with van der Waals surface area (Å²) < 4.78 is 23.5. The average molecular weight is 276 g/mol. The van der Waals surface area contributed by atoms with Crippen molar-refractivity contribution < 1.29 is 13.2 Å². The second-order valence-electron chi connectivity index (χ2n) is 5.46. The molecular formula is C12H24N2O3S. The summed E-state index contributed by atoms with van der Waals surface area (Å²) in [7, 11) is -3.32. The fourth-order valence-electron chi connectivity index (χ4n) is 2.23. The number of nitrogens with two attached hydrogens (primary N) is 1. The number of amides is 1. The Hall–Kier alpha value is -0.620. The van der Waals surface area contributed by atoms with Crippen LogP contribution in [-0.4, -0.2) is 49.4 Å². The largest absolute Gasteiger partial charge is 0.338 e. The first-order chi connectivity index (χ1) is 8.27. The Labute approximate surface area is 110 Å². The molecule has 2 atom stereocenters. The zero-order valence-corrected chi connectivity index (χ0v) is 12.2. The van der Waals surface area contributed by atoms with Crippen molar-refractivity contribution in [2.45, 2.75) is 44.9 Å². The molecule has 1 amide bonds.